The molecule has 280 valence electrons. The van der Waals surface area contributed by atoms with Crippen LogP contribution in [0.2, 0.25) is 0 Å². The van der Waals surface area contributed by atoms with Crippen molar-refractivity contribution in [3.63, 3.8) is 0 Å². The van der Waals surface area contributed by atoms with Gasteiger partial charge in [0.15, 0.2) is 5.58 Å². The summed E-state index contributed by atoms with van der Waals surface area (Å²) in [6, 6.07) is 65.0. The Labute approximate surface area is 342 Å². The molecule has 0 amide bonds. The third-order valence-electron chi connectivity index (χ3n) is 13.4. The zero-order valence-electron chi connectivity index (χ0n) is 32.7. The fourth-order valence-corrected chi connectivity index (χ4v) is 10.6. The smallest absolute Gasteiger partial charge is 0.159 e. The van der Waals surface area contributed by atoms with Crippen LogP contribution in [0, 0.1) is 0 Å². The van der Waals surface area contributed by atoms with Gasteiger partial charge in [0.05, 0.1) is 16.7 Å². The minimum absolute atomic E-state index is 0.562. The predicted molar refractivity (Wildman–Crippen MR) is 248 cm³/mol. The molecule has 3 nitrogen and oxygen atoms in total. The number of nitrogens with zero attached hydrogens (tertiary/aromatic N) is 2. The topological polar surface area (TPSA) is 21.3 Å². The maximum Gasteiger partial charge on any atom is 0.159 e. The Morgan fingerprint density at radius 1 is 0.424 bits per heavy atom. The third kappa shape index (κ3) is 4.94. The molecular weight excluding hydrogens is 717 g/mol. The normalized spacial score (nSPS) is 14.0. The Balaban J connectivity index is 0.914. The number of fused-ring (bicyclic) bond motifs is 12. The fraction of sp³-hybridized carbons (Fsp3) is 0.107. The highest BCUT2D eigenvalue weighted by Crippen LogP contribution is 2.52. The van der Waals surface area contributed by atoms with E-state index in [1.807, 2.05) is 0 Å². The molecule has 0 bridgehead atoms. The van der Waals surface area contributed by atoms with Crippen molar-refractivity contribution < 1.29 is 4.42 Å². The lowest BCUT2D eigenvalue weighted by Crippen LogP contribution is -2.10. The number of para-hydroxylation sites is 5. The second-order valence-electron chi connectivity index (χ2n) is 16.7. The molecule has 2 aliphatic rings. The number of hydrogen-bond acceptors (Lipinski definition) is 2. The van der Waals surface area contributed by atoms with Crippen molar-refractivity contribution in [2.45, 2.75) is 38.0 Å². The second-order valence-corrected chi connectivity index (χ2v) is 16.7. The molecule has 1 fully saturated rings. The van der Waals surface area contributed by atoms with E-state index in [-0.39, 0.29) is 0 Å². The van der Waals surface area contributed by atoms with Gasteiger partial charge in [-0.3, -0.25) is 0 Å². The lowest BCUT2D eigenvalue weighted by atomic mass is 9.78. The van der Waals surface area contributed by atoms with Gasteiger partial charge in [0.2, 0.25) is 0 Å². The zero-order valence-corrected chi connectivity index (χ0v) is 32.7. The molecule has 2 heterocycles. The molecule has 2 aliphatic carbocycles. The first kappa shape index (κ1) is 32.9. The summed E-state index contributed by atoms with van der Waals surface area (Å²) in [7, 11) is 0. The maximum absolute atomic E-state index is 7.02. The van der Waals surface area contributed by atoms with E-state index in [0.717, 1.165) is 28.2 Å². The largest absolute Gasteiger partial charge is 0.454 e. The Morgan fingerprint density at radius 2 is 1.00 bits per heavy atom. The SMILES string of the molecule is c1ccc(N(c2ccc3cc4c(cc3c2)-c2cc3ccc(-n5c6ccccc6c6ccccc65)cc3cc2-4)c2cccc3c2oc2c(C4CCCCC4)cccc23)cc1. The molecule has 0 unspecified atom stereocenters. The van der Waals surface area contributed by atoms with E-state index in [0.29, 0.717) is 5.92 Å². The van der Waals surface area contributed by atoms with Gasteiger partial charge < -0.3 is 13.9 Å². The van der Waals surface area contributed by atoms with E-state index in [2.05, 4.69) is 185 Å². The number of rotatable bonds is 5. The highest BCUT2D eigenvalue weighted by molar-refractivity contribution is 6.14. The summed E-state index contributed by atoms with van der Waals surface area (Å²) in [5.41, 5.74) is 15.6. The number of anilines is 3. The minimum atomic E-state index is 0.562. The Morgan fingerprint density at radius 3 is 1.71 bits per heavy atom. The van der Waals surface area contributed by atoms with Gasteiger partial charge in [0.25, 0.3) is 0 Å². The lowest BCUT2D eigenvalue weighted by Gasteiger charge is -2.28. The average molecular weight is 757 g/mol. The van der Waals surface area contributed by atoms with Gasteiger partial charge in [-0.25, -0.2) is 0 Å². The highest BCUT2D eigenvalue weighted by atomic mass is 16.3. The van der Waals surface area contributed by atoms with Gasteiger partial charge in [-0.15, -0.1) is 0 Å². The van der Waals surface area contributed by atoms with E-state index in [1.54, 1.807) is 0 Å². The third-order valence-corrected chi connectivity index (χ3v) is 13.4. The standard InChI is InChI=1S/C56H40N2O/c1-3-13-35(14-4-1)43-19-11-20-46-47-21-12-24-54(56(47)59-55(43)46)57(40-15-5-2-6-16-40)41-27-25-36-31-48-50(33-38(36)29-41)49-32-37-26-28-42(30-39(37)34-51(48)49)58-52-22-9-7-17-44(52)45-18-8-10-23-53(45)58/h2,5-12,15-35H,1,3-4,13-14H2. The van der Waals surface area contributed by atoms with Gasteiger partial charge in [-0.05, 0) is 147 Å². The molecule has 0 radical (unpaired) electrons. The first-order chi connectivity index (χ1) is 29.2. The van der Waals surface area contributed by atoms with Crippen molar-refractivity contribution in [1.29, 1.82) is 0 Å². The van der Waals surface area contributed by atoms with Crippen LogP contribution in [-0.4, -0.2) is 4.57 Å². The molecule has 2 aromatic heterocycles. The molecule has 1 saturated carbocycles. The fourth-order valence-electron chi connectivity index (χ4n) is 10.6. The van der Waals surface area contributed by atoms with E-state index in [9.17, 15) is 0 Å². The number of benzene rings is 9. The monoisotopic (exact) mass is 756 g/mol. The van der Waals surface area contributed by atoms with Gasteiger partial charge in [-0.1, -0.05) is 116 Å². The van der Waals surface area contributed by atoms with Crippen LogP contribution >= 0.6 is 0 Å². The Bertz CT molecular complexity index is 3440. The van der Waals surface area contributed by atoms with Crippen molar-refractivity contribution in [3.8, 4) is 27.9 Å². The molecule has 0 spiro atoms. The van der Waals surface area contributed by atoms with Gasteiger partial charge in [0, 0.05) is 38.6 Å². The van der Waals surface area contributed by atoms with Crippen molar-refractivity contribution in [2.75, 3.05) is 4.90 Å². The lowest BCUT2D eigenvalue weighted by molar-refractivity contribution is 0.442. The van der Waals surface area contributed by atoms with Crippen LogP contribution in [0.4, 0.5) is 17.1 Å². The average Bonchev–Trinajstić information content (AvgIpc) is 3.85. The Hall–Kier alpha value is -7.10. The molecule has 0 N–H and O–H groups in total. The summed E-state index contributed by atoms with van der Waals surface area (Å²) in [5, 5.41) is 9.93. The van der Waals surface area contributed by atoms with Crippen LogP contribution in [0.3, 0.4) is 0 Å². The molecule has 59 heavy (non-hydrogen) atoms. The van der Waals surface area contributed by atoms with Gasteiger partial charge in [-0.2, -0.15) is 0 Å². The first-order valence-electron chi connectivity index (χ1n) is 21.2. The maximum atomic E-state index is 7.02. The number of furan rings is 1. The van der Waals surface area contributed by atoms with Crippen LogP contribution in [0.15, 0.2) is 180 Å². The molecule has 13 rings (SSSR count). The number of aromatic nitrogens is 1. The van der Waals surface area contributed by atoms with E-state index in [4.69, 9.17) is 4.42 Å². The highest BCUT2D eigenvalue weighted by Gasteiger charge is 2.26. The van der Waals surface area contributed by atoms with Crippen molar-refractivity contribution >= 4 is 82.4 Å². The summed E-state index contributed by atoms with van der Waals surface area (Å²) < 4.78 is 9.43. The van der Waals surface area contributed by atoms with E-state index < -0.39 is 0 Å². The first-order valence-corrected chi connectivity index (χ1v) is 21.2. The van der Waals surface area contributed by atoms with E-state index in [1.165, 1.54) is 120 Å². The van der Waals surface area contributed by atoms with Gasteiger partial charge >= 0.3 is 0 Å². The van der Waals surface area contributed by atoms with E-state index >= 15 is 0 Å². The number of hydrogen-bond donors (Lipinski definition) is 0. The zero-order chi connectivity index (χ0) is 38.6. The molecule has 0 aliphatic heterocycles. The van der Waals surface area contributed by atoms with Crippen LogP contribution in [-0.2, 0) is 0 Å². The summed E-state index contributed by atoms with van der Waals surface area (Å²) in [5.74, 6) is 0.562. The predicted octanol–water partition coefficient (Wildman–Crippen LogP) is 16.2. The summed E-state index contributed by atoms with van der Waals surface area (Å²) in [6.07, 6.45) is 6.42. The van der Waals surface area contributed by atoms with Crippen molar-refractivity contribution in [2.24, 2.45) is 0 Å². The van der Waals surface area contributed by atoms with Crippen LogP contribution in [0.25, 0.3) is 93.2 Å². The van der Waals surface area contributed by atoms with Crippen LogP contribution in [0.1, 0.15) is 43.6 Å². The Kier molecular flexibility index (Phi) is 7.09. The molecule has 0 saturated heterocycles. The summed E-state index contributed by atoms with van der Waals surface area (Å²) >= 11 is 0. The van der Waals surface area contributed by atoms with Crippen molar-refractivity contribution in [1.82, 2.24) is 4.57 Å². The molecule has 9 aromatic carbocycles. The quantitative estimate of drug-likeness (QED) is 0.174. The minimum Gasteiger partial charge on any atom is -0.454 e. The molecular formula is C56H40N2O. The van der Waals surface area contributed by atoms with Crippen molar-refractivity contribution in [3.05, 3.63) is 181 Å². The molecule has 0 atom stereocenters. The molecule has 11 aromatic rings. The van der Waals surface area contributed by atoms with Crippen LogP contribution < -0.4 is 4.90 Å². The summed E-state index contributed by atoms with van der Waals surface area (Å²) in [4.78, 5) is 2.37. The second kappa shape index (κ2) is 12.7. The summed E-state index contributed by atoms with van der Waals surface area (Å²) in [6.45, 7) is 0. The van der Waals surface area contributed by atoms with Crippen LogP contribution in [0.5, 0.6) is 0 Å². The molecule has 3 heteroatoms. The van der Waals surface area contributed by atoms with Gasteiger partial charge in [0.1, 0.15) is 5.58 Å².